The second kappa shape index (κ2) is 8.37. The number of anilines is 1. The summed E-state index contributed by atoms with van der Waals surface area (Å²) >= 11 is 0. The van der Waals surface area contributed by atoms with Crippen molar-refractivity contribution in [3.8, 4) is 0 Å². The lowest BCUT2D eigenvalue weighted by atomic mass is 10.2. The zero-order valence-electron chi connectivity index (χ0n) is 15.7. The molecule has 0 fully saturated rings. The predicted octanol–water partition coefficient (Wildman–Crippen LogP) is 1.34. The van der Waals surface area contributed by atoms with Gasteiger partial charge in [0.1, 0.15) is 18.0 Å². The van der Waals surface area contributed by atoms with Crippen molar-refractivity contribution in [3.63, 3.8) is 0 Å². The number of rotatable bonds is 7. The van der Waals surface area contributed by atoms with E-state index in [4.69, 9.17) is 4.74 Å². The molecule has 0 amide bonds. The van der Waals surface area contributed by atoms with Crippen LogP contribution < -0.4 is 9.62 Å². The van der Waals surface area contributed by atoms with Gasteiger partial charge in [0.05, 0.1) is 30.9 Å². The normalized spacial score (nSPS) is 11.5. The molecule has 0 aliphatic rings. The van der Waals surface area contributed by atoms with Gasteiger partial charge in [0.2, 0.25) is 0 Å². The molecule has 0 radical (unpaired) electrons. The molecular weight excluding hydrogens is 378 g/mol. The van der Waals surface area contributed by atoms with Crippen molar-refractivity contribution in [2.24, 2.45) is 0 Å². The molecule has 0 bridgehead atoms. The van der Waals surface area contributed by atoms with E-state index in [0.29, 0.717) is 17.4 Å². The molecule has 1 aromatic heterocycles. The minimum absolute atomic E-state index is 0.0463. The Balaban J connectivity index is 1.90. The zero-order chi connectivity index (χ0) is 20.1. The van der Waals surface area contributed by atoms with Crippen LogP contribution in [0.25, 0.3) is 10.9 Å². The van der Waals surface area contributed by atoms with Gasteiger partial charge >= 0.3 is 5.97 Å². The molecule has 0 atom stereocenters. The van der Waals surface area contributed by atoms with Crippen LogP contribution in [0.1, 0.15) is 10.4 Å². The zero-order valence-corrected chi connectivity index (χ0v) is 16.5. The Hall–Kier alpha value is -2.97. The van der Waals surface area contributed by atoms with Gasteiger partial charge in [-0.25, -0.2) is 13.2 Å². The number of likely N-dealkylation sites (N-methyl/N-ethyl adjacent to an activating group) is 1. The summed E-state index contributed by atoms with van der Waals surface area (Å²) in [5.41, 5.74) is 0.692. The highest BCUT2D eigenvalue weighted by atomic mass is 32.2. The number of ether oxygens (including phenoxy) is 1. The number of quaternary nitrogens is 1. The van der Waals surface area contributed by atoms with Crippen LogP contribution in [0.3, 0.4) is 0 Å². The Morgan fingerprint density at radius 1 is 1.07 bits per heavy atom. The maximum absolute atomic E-state index is 13.0. The van der Waals surface area contributed by atoms with Gasteiger partial charge in [-0.1, -0.05) is 30.3 Å². The highest BCUT2D eigenvalue weighted by molar-refractivity contribution is 7.93. The van der Waals surface area contributed by atoms with Crippen molar-refractivity contribution in [1.29, 1.82) is 0 Å². The van der Waals surface area contributed by atoms with E-state index in [1.54, 1.807) is 42.6 Å². The fourth-order valence-corrected chi connectivity index (χ4v) is 3.93. The molecule has 0 saturated heterocycles. The van der Waals surface area contributed by atoms with Crippen molar-refractivity contribution in [3.05, 3.63) is 66.4 Å². The second-order valence-corrected chi connectivity index (χ2v) is 8.23. The van der Waals surface area contributed by atoms with Crippen molar-refractivity contribution in [2.75, 3.05) is 32.0 Å². The third-order valence-corrected chi connectivity index (χ3v) is 5.51. The van der Waals surface area contributed by atoms with Gasteiger partial charge in [-0.3, -0.25) is 9.71 Å². The Bertz CT molecular complexity index is 1090. The lowest BCUT2D eigenvalue weighted by Gasteiger charge is -2.13. The third kappa shape index (κ3) is 4.47. The van der Waals surface area contributed by atoms with Crippen molar-refractivity contribution in [1.82, 2.24) is 4.98 Å². The number of fused-ring (bicyclic) bond motifs is 1. The summed E-state index contributed by atoms with van der Waals surface area (Å²) in [5.74, 6) is -0.574. The summed E-state index contributed by atoms with van der Waals surface area (Å²) in [4.78, 5) is 17.8. The maximum atomic E-state index is 13.0. The van der Waals surface area contributed by atoms with E-state index in [9.17, 15) is 13.2 Å². The van der Waals surface area contributed by atoms with Crippen molar-refractivity contribution in [2.45, 2.75) is 4.90 Å². The van der Waals surface area contributed by atoms with Crippen LogP contribution in [0.4, 0.5) is 5.69 Å². The van der Waals surface area contributed by atoms with Gasteiger partial charge in [0.15, 0.2) is 0 Å². The standard InChI is InChI=1S/C20H21N3O4S/c1-23(2)13-14-27-20(24)16-9-3-4-10-17(16)22-28(25,26)18-11-5-7-15-8-6-12-21-19(15)18/h3-12,22H,13-14H2,1-2H3/p+1. The maximum Gasteiger partial charge on any atom is 0.340 e. The third-order valence-electron chi connectivity index (χ3n) is 4.11. The topological polar surface area (TPSA) is 89.8 Å². The van der Waals surface area contributed by atoms with E-state index in [0.717, 1.165) is 4.90 Å². The molecule has 2 aromatic carbocycles. The SMILES string of the molecule is C[NH+](C)CCOC(=O)c1ccccc1NS(=O)(=O)c1cccc2cccnc12. The van der Waals surface area contributed by atoms with E-state index in [1.807, 2.05) is 14.1 Å². The number of hydrogen-bond acceptors (Lipinski definition) is 5. The number of pyridine rings is 1. The summed E-state index contributed by atoms with van der Waals surface area (Å²) < 4.78 is 33.7. The monoisotopic (exact) mass is 400 g/mol. The smallest absolute Gasteiger partial charge is 0.340 e. The van der Waals surface area contributed by atoms with Crippen LogP contribution in [0.15, 0.2) is 65.7 Å². The molecular formula is C20H22N3O4S+. The molecule has 8 heteroatoms. The molecule has 0 aliphatic carbocycles. The number of sulfonamides is 1. The van der Waals surface area contributed by atoms with Gasteiger partial charge in [-0.15, -0.1) is 0 Å². The molecule has 28 heavy (non-hydrogen) atoms. The molecule has 3 rings (SSSR count). The van der Waals surface area contributed by atoms with E-state index in [-0.39, 0.29) is 22.8 Å². The molecule has 2 N–H and O–H groups in total. The average Bonchev–Trinajstić information content (AvgIpc) is 2.67. The first-order valence-electron chi connectivity index (χ1n) is 8.80. The summed E-state index contributed by atoms with van der Waals surface area (Å²) in [6.45, 7) is 0.900. The van der Waals surface area contributed by atoms with Gasteiger partial charge in [-0.2, -0.15) is 0 Å². The molecule has 1 heterocycles. The Morgan fingerprint density at radius 2 is 1.82 bits per heavy atom. The van der Waals surface area contributed by atoms with Gasteiger partial charge in [0, 0.05) is 11.6 Å². The van der Waals surface area contributed by atoms with Crippen molar-refractivity contribution < 1.29 is 22.8 Å². The lowest BCUT2D eigenvalue weighted by Crippen LogP contribution is -3.06. The molecule has 0 saturated carbocycles. The summed E-state index contributed by atoms with van der Waals surface area (Å²) in [5, 5.41) is 0.712. The number of benzene rings is 2. The Morgan fingerprint density at radius 3 is 2.61 bits per heavy atom. The molecule has 146 valence electrons. The molecule has 0 aliphatic heterocycles. The summed E-state index contributed by atoms with van der Waals surface area (Å²) in [6, 6.07) is 14.8. The Kier molecular flexibility index (Phi) is 5.91. The van der Waals surface area contributed by atoms with Crippen molar-refractivity contribution >= 4 is 32.6 Å². The number of aromatic nitrogens is 1. The minimum atomic E-state index is -3.95. The molecule has 7 nitrogen and oxygen atoms in total. The molecule has 0 unspecified atom stereocenters. The van der Waals surface area contributed by atoms with Crippen LogP contribution in [0.5, 0.6) is 0 Å². The van der Waals surface area contributed by atoms with E-state index in [2.05, 4.69) is 9.71 Å². The number of nitrogens with zero attached hydrogens (tertiary/aromatic N) is 1. The largest absolute Gasteiger partial charge is 0.456 e. The number of nitrogens with one attached hydrogen (secondary N) is 2. The van der Waals surface area contributed by atoms with E-state index < -0.39 is 16.0 Å². The van der Waals surface area contributed by atoms with E-state index >= 15 is 0 Å². The van der Waals surface area contributed by atoms with Gasteiger partial charge in [0.25, 0.3) is 10.0 Å². The van der Waals surface area contributed by atoms with Crippen LogP contribution in [0.2, 0.25) is 0 Å². The first-order valence-corrected chi connectivity index (χ1v) is 10.3. The lowest BCUT2D eigenvalue weighted by molar-refractivity contribution is -0.858. The average molecular weight is 400 g/mol. The van der Waals surface area contributed by atoms with Crippen LogP contribution in [-0.2, 0) is 14.8 Å². The quantitative estimate of drug-likeness (QED) is 0.584. The summed E-state index contributed by atoms with van der Waals surface area (Å²) in [7, 11) is -0.0493. The number of carbonyl (C=O) groups is 1. The first kappa shape index (κ1) is 19.8. The van der Waals surface area contributed by atoms with Crippen LogP contribution in [0, 0.1) is 0 Å². The van der Waals surface area contributed by atoms with Crippen LogP contribution in [-0.4, -0.2) is 46.6 Å². The highest BCUT2D eigenvalue weighted by Gasteiger charge is 2.21. The van der Waals surface area contributed by atoms with Gasteiger partial charge < -0.3 is 9.64 Å². The van der Waals surface area contributed by atoms with Crippen LogP contribution >= 0.6 is 0 Å². The minimum Gasteiger partial charge on any atom is -0.456 e. The van der Waals surface area contributed by atoms with Gasteiger partial charge in [-0.05, 0) is 24.3 Å². The molecule has 3 aromatic rings. The van der Waals surface area contributed by atoms with E-state index in [1.165, 1.54) is 18.2 Å². The fourth-order valence-electron chi connectivity index (χ4n) is 2.67. The first-order chi connectivity index (χ1) is 13.4. The Labute approximate surface area is 164 Å². The second-order valence-electron chi connectivity index (χ2n) is 6.58. The summed E-state index contributed by atoms with van der Waals surface area (Å²) in [6.07, 6.45) is 1.54. The number of para-hydroxylation sites is 2. The highest BCUT2D eigenvalue weighted by Crippen LogP contribution is 2.25. The fraction of sp³-hybridized carbons (Fsp3) is 0.200. The predicted molar refractivity (Wildman–Crippen MR) is 107 cm³/mol. The molecule has 0 spiro atoms. The number of esters is 1. The number of carbonyl (C=O) groups excluding carboxylic acids is 1. The number of hydrogen-bond donors (Lipinski definition) is 2.